The lowest BCUT2D eigenvalue weighted by Gasteiger charge is -2.16. The Morgan fingerprint density at radius 2 is 1.65 bits per heavy atom. The van der Waals surface area contributed by atoms with Crippen molar-refractivity contribution >= 4 is 22.9 Å². The molecule has 0 bridgehead atoms. The molecule has 3 rings (SSSR count). The second-order valence-corrected chi connectivity index (χ2v) is 5.48. The number of amides is 2. The fourth-order valence-electron chi connectivity index (χ4n) is 2.26. The highest BCUT2D eigenvalue weighted by atomic mass is 32.2. The van der Waals surface area contributed by atoms with Gasteiger partial charge in [0.25, 0.3) is 5.24 Å². The van der Waals surface area contributed by atoms with Gasteiger partial charge in [0.15, 0.2) is 0 Å². The molecule has 2 aromatic rings. The van der Waals surface area contributed by atoms with E-state index >= 15 is 0 Å². The Hall–Kier alpha value is -2.07. The lowest BCUT2D eigenvalue weighted by Crippen LogP contribution is -2.28. The molecule has 20 heavy (non-hydrogen) atoms. The van der Waals surface area contributed by atoms with Crippen LogP contribution in [0.4, 0.5) is 4.79 Å². The van der Waals surface area contributed by atoms with Crippen LogP contribution in [0.5, 0.6) is 0 Å². The van der Waals surface area contributed by atoms with Crippen molar-refractivity contribution in [2.24, 2.45) is 0 Å². The first kappa shape index (κ1) is 12.9. The van der Waals surface area contributed by atoms with Gasteiger partial charge in [0, 0.05) is 0 Å². The first-order chi connectivity index (χ1) is 9.75. The minimum Gasteiger partial charge on any atom is -0.273 e. The fourth-order valence-corrected chi connectivity index (χ4v) is 2.99. The molecule has 0 saturated carbocycles. The maximum Gasteiger partial charge on any atom is 0.289 e. The zero-order chi connectivity index (χ0) is 13.9. The van der Waals surface area contributed by atoms with Gasteiger partial charge in [-0.2, -0.15) is 0 Å². The molecule has 0 aromatic heterocycles. The molecule has 0 N–H and O–H groups in total. The molecule has 0 radical (unpaired) electrons. The average Bonchev–Trinajstić information content (AvgIpc) is 2.81. The minimum atomic E-state index is -0.155. The third-order valence-electron chi connectivity index (χ3n) is 3.27. The number of imide groups is 1. The zero-order valence-electron chi connectivity index (χ0n) is 10.8. The quantitative estimate of drug-likeness (QED) is 0.864. The van der Waals surface area contributed by atoms with Gasteiger partial charge in [-0.1, -0.05) is 66.4 Å². The van der Waals surface area contributed by atoms with Crippen LogP contribution in [0.1, 0.15) is 5.56 Å². The van der Waals surface area contributed by atoms with E-state index in [2.05, 4.69) is 0 Å². The molecule has 2 aromatic carbocycles. The van der Waals surface area contributed by atoms with E-state index in [0.29, 0.717) is 6.54 Å². The van der Waals surface area contributed by atoms with Crippen molar-refractivity contribution in [1.82, 2.24) is 4.90 Å². The fraction of sp³-hybridized carbons (Fsp3) is 0.125. The van der Waals surface area contributed by atoms with Gasteiger partial charge in [-0.05, 0) is 16.7 Å². The van der Waals surface area contributed by atoms with E-state index in [0.717, 1.165) is 28.5 Å². The number of hydrogen-bond acceptors (Lipinski definition) is 3. The van der Waals surface area contributed by atoms with E-state index < -0.39 is 0 Å². The largest absolute Gasteiger partial charge is 0.289 e. The van der Waals surface area contributed by atoms with Crippen molar-refractivity contribution < 1.29 is 9.59 Å². The maximum atomic E-state index is 11.7. The Bertz CT molecular complexity index is 639. The highest BCUT2D eigenvalue weighted by Gasteiger charge is 2.30. The van der Waals surface area contributed by atoms with Crippen LogP contribution < -0.4 is 0 Å². The van der Waals surface area contributed by atoms with Crippen LogP contribution in [-0.4, -0.2) is 21.8 Å². The number of hydrogen-bond donors (Lipinski definition) is 0. The van der Waals surface area contributed by atoms with E-state index in [4.69, 9.17) is 0 Å². The SMILES string of the molecule is O=C1CSC(=O)N1Cc1ccccc1-c1ccccc1. The molecule has 4 heteroatoms. The first-order valence-electron chi connectivity index (χ1n) is 6.36. The van der Waals surface area contributed by atoms with Gasteiger partial charge >= 0.3 is 0 Å². The van der Waals surface area contributed by atoms with Crippen LogP contribution in [0.25, 0.3) is 11.1 Å². The second-order valence-electron chi connectivity index (χ2n) is 4.56. The van der Waals surface area contributed by atoms with Gasteiger partial charge in [0.2, 0.25) is 5.91 Å². The van der Waals surface area contributed by atoms with E-state index in [1.54, 1.807) is 0 Å². The van der Waals surface area contributed by atoms with Crippen LogP contribution in [0.3, 0.4) is 0 Å². The number of rotatable bonds is 3. The third-order valence-corrected chi connectivity index (χ3v) is 4.13. The summed E-state index contributed by atoms with van der Waals surface area (Å²) in [6.07, 6.45) is 0. The molecular weight excluding hydrogens is 270 g/mol. The monoisotopic (exact) mass is 283 g/mol. The summed E-state index contributed by atoms with van der Waals surface area (Å²) in [5.41, 5.74) is 3.14. The molecular formula is C16H13NO2S. The van der Waals surface area contributed by atoms with Crippen LogP contribution in [0.2, 0.25) is 0 Å². The summed E-state index contributed by atoms with van der Waals surface area (Å²) in [5, 5.41) is -0.155. The van der Waals surface area contributed by atoms with Gasteiger partial charge in [0.1, 0.15) is 0 Å². The minimum absolute atomic E-state index is 0.108. The highest BCUT2D eigenvalue weighted by Crippen LogP contribution is 2.27. The smallest absolute Gasteiger partial charge is 0.273 e. The predicted octanol–water partition coefficient (Wildman–Crippen LogP) is 3.55. The average molecular weight is 283 g/mol. The van der Waals surface area contributed by atoms with Crippen LogP contribution in [0, 0.1) is 0 Å². The third kappa shape index (κ3) is 2.47. The Labute approximate surface area is 121 Å². The van der Waals surface area contributed by atoms with Crippen molar-refractivity contribution in [3.63, 3.8) is 0 Å². The molecule has 0 spiro atoms. The van der Waals surface area contributed by atoms with Crippen molar-refractivity contribution in [1.29, 1.82) is 0 Å². The number of carbonyl (C=O) groups excluding carboxylic acids is 2. The van der Waals surface area contributed by atoms with Crippen LogP contribution in [-0.2, 0) is 11.3 Å². The summed E-state index contributed by atoms with van der Waals surface area (Å²) in [6.45, 7) is 0.343. The Morgan fingerprint density at radius 1 is 0.950 bits per heavy atom. The van der Waals surface area contributed by atoms with Crippen molar-refractivity contribution in [2.75, 3.05) is 5.75 Å². The summed E-state index contributed by atoms with van der Waals surface area (Å²) < 4.78 is 0. The molecule has 1 heterocycles. The molecule has 1 aliphatic heterocycles. The zero-order valence-corrected chi connectivity index (χ0v) is 11.6. The molecule has 1 fully saturated rings. The number of carbonyl (C=O) groups is 2. The maximum absolute atomic E-state index is 11.7. The number of benzene rings is 2. The predicted molar refractivity (Wildman–Crippen MR) is 80.3 cm³/mol. The van der Waals surface area contributed by atoms with Crippen LogP contribution in [0.15, 0.2) is 54.6 Å². The lowest BCUT2D eigenvalue weighted by atomic mass is 9.99. The molecule has 0 atom stereocenters. The van der Waals surface area contributed by atoms with Crippen LogP contribution >= 0.6 is 11.8 Å². The summed E-state index contributed by atoms with van der Waals surface area (Å²) in [7, 11) is 0. The van der Waals surface area contributed by atoms with E-state index in [-0.39, 0.29) is 16.9 Å². The number of thioether (sulfide) groups is 1. The molecule has 100 valence electrons. The van der Waals surface area contributed by atoms with Gasteiger partial charge in [-0.15, -0.1) is 0 Å². The van der Waals surface area contributed by atoms with E-state index in [1.165, 1.54) is 4.90 Å². The molecule has 3 nitrogen and oxygen atoms in total. The van der Waals surface area contributed by atoms with E-state index in [1.807, 2.05) is 54.6 Å². The highest BCUT2D eigenvalue weighted by molar-refractivity contribution is 8.14. The molecule has 0 unspecified atom stereocenters. The van der Waals surface area contributed by atoms with Crippen molar-refractivity contribution in [2.45, 2.75) is 6.54 Å². The Morgan fingerprint density at radius 3 is 2.35 bits per heavy atom. The summed E-state index contributed by atoms with van der Waals surface area (Å²) in [4.78, 5) is 24.8. The standard InChI is InChI=1S/C16H13NO2S/c18-15-11-20-16(19)17(15)10-13-8-4-5-9-14(13)12-6-2-1-3-7-12/h1-9H,10-11H2. The summed E-state index contributed by atoms with van der Waals surface area (Å²) in [5.74, 6) is 0.148. The lowest BCUT2D eigenvalue weighted by molar-refractivity contribution is -0.125. The van der Waals surface area contributed by atoms with E-state index in [9.17, 15) is 9.59 Å². The molecule has 0 aliphatic carbocycles. The molecule has 1 aliphatic rings. The Kier molecular flexibility index (Phi) is 3.56. The van der Waals surface area contributed by atoms with Gasteiger partial charge < -0.3 is 0 Å². The van der Waals surface area contributed by atoms with Crippen molar-refractivity contribution in [3.05, 3.63) is 60.2 Å². The topological polar surface area (TPSA) is 37.4 Å². The van der Waals surface area contributed by atoms with Gasteiger partial charge in [0.05, 0.1) is 12.3 Å². The second kappa shape index (κ2) is 5.51. The van der Waals surface area contributed by atoms with Gasteiger partial charge in [-0.25, -0.2) is 0 Å². The Balaban J connectivity index is 1.95. The summed E-state index contributed by atoms with van der Waals surface area (Å²) >= 11 is 1.07. The first-order valence-corrected chi connectivity index (χ1v) is 7.35. The molecule has 2 amide bonds. The molecule has 1 saturated heterocycles. The normalized spacial score (nSPS) is 14.9. The van der Waals surface area contributed by atoms with Gasteiger partial charge in [-0.3, -0.25) is 14.5 Å². The van der Waals surface area contributed by atoms with Crippen molar-refractivity contribution in [3.8, 4) is 11.1 Å². The number of nitrogens with zero attached hydrogens (tertiary/aromatic N) is 1. The summed E-state index contributed by atoms with van der Waals surface area (Å²) in [6, 6.07) is 17.9.